The predicted molar refractivity (Wildman–Crippen MR) is 146 cm³/mol. The van der Waals surface area contributed by atoms with Crippen LogP contribution in [0.1, 0.15) is 51.3 Å². The molecule has 12 heteroatoms. The molecule has 1 aliphatic heterocycles. The van der Waals surface area contributed by atoms with E-state index < -0.39 is 47.0 Å². The van der Waals surface area contributed by atoms with Gasteiger partial charge in [0.1, 0.15) is 24.4 Å². The Morgan fingerprint density at radius 3 is 2.65 bits per heavy atom. The van der Waals surface area contributed by atoms with Crippen LogP contribution in [-0.4, -0.2) is 76.0 Å². The van der Waals surface area contributed by atoms with Crippen LogP contribution >= 0.6 is 11.3 Å². The first-order valence-electron chi connectivity index (χ1n) is 13.2. The van der Waals surface area contributed by atoms with Crippen LogP contribution in [-0.2, 0) is 25.7 Å². The number of nitrogens with zero attached hydrogens (tertiary/aromatic N) is 2. The molecule has 216 valence electrons. The Kier molecular flexibility index (Phi) is 8.60. The molecule has 3 amide bonds. The average Bonchev–Trinajstić information content (AvgIpc) is 3.31. The lowest BCUT2D eigenvalue weighted by molar-refractivity contribution is -0.145. The number of halogens is 1. The molecule has 10 nitrogen and oxygen atoms in total. The number of hydrogen-bond acceptors (Lipinski definition) is 8. The van der Waals surface area contributed by atoms with Crippen LogP contribution in [0.5, 0.6) is 5.75 Å². The second kappa shape index (κ2) is 11.6. The van der Waals surface area contributed by atoms with Crippen LogP contribution < -0.4 is 15.4 Å². The molecule has 1 saturated heterocycles. The fraction of sp³-hybridized carbons (Fsp3) is 0.536. The summed E-state index contributed by atoms with van der Waals surface area (Å²) in [6, 6.07) is 3.38. The van der Waals surface area contributed by atoms with E-state index in [2.05, 4.69) is 15.6 Å². The third-order valence-electron chi connectivity index (χ3n) is 7.18. The number of aliphatic hydroxyl groups is 1. The van der Waals surface area contributed by atoms with E-state index >= 15 is 0 Å². The second-order valence-corrected chi connectivity index (χ2v) is 12.3. The van der Waals surface area contributed by atoms with Crippen LogP contribution in [0.25, 0.3) is 10.4 Å². The van der Waals surface area contributed by atoms with Gasteiger partial charge in [0.15, 0.2) is 12.0 Å². The van der Waals surface area contributed by atoms with Gasteiger partial charge in [-0.3, -0.25) is 19.2 Å². The van der Waals surface area contributed by atoms with Crippen molar-refractivity contribution >= 4 is 35.3 Å². The molecule has 0 spiro atoms. The Balaban J connectivity index is 1.49. The zero-order valence-corrected chi connectivity index (χ0v) is 23.8. The number of ether oxygens (including phenoxy) is 1. The van der Waals surface area contributed by atoms with Gasteiger partial charge in [0.25, 0.3) is 5.91 Å². The maximum atomic E-state index is 14.4. The summed E-state index contributed by atoms with van der Waals surface area (Å²) in [6.45, 7) is 6.92. The number of nitrogens with one attached hydrogen (secondary N) is 2. The van der Waals surface area contributed by atoms with Crippen LogP contribution in [0.15, 0.2) is 23.7 Å². The van der Waals surface area contributed by atoms with Crippen LogP contribution in [0, 0.1) is 12.3 Å². The third-order valence-corrected chi connectivity index (χ3v) is 8.16. The van der Waals surface area contributed by atoms with Gasteiger partial charge >= 0.3 is 0 Å². The van der Waals surface area contributed by atoms with Crippen molar-refractivity contribution in [1.82, 2.24) is 20.5 Å². The van der Waals surface area contributed by atoms with Crippen LogP contribution in [0.3, 0.4) is 0 Å². The maximum absolute atomic E-state index is 14.4. The van der Waals surface area contributed by atoms with E-state index in [1.54, 1.807) is 38.4 Å². The number of aliphatic hydroxyl groups excluding tert-OH is 1. The zero-order chi connectivity index (χ0) is 29.2. The first-order chi connectivity index (χ1) is 18.8. The van der Waals surface area contributed by atoms with Crippen molar-refractivity contribution in [3.05, 3.63) is 35.0 Å². The van der Waals surface area contributed by atoms with E-state index in [1.165, 1.54) is 16.2 Å². The largest absolute Gasteiger partial charge is 0.486 e. The van der Waals surface area contributed by atoms with Gasteiger partial charge < -0.3 is 25.4 Å². The van der Waals surface area contributed by atoms with E-state index in [1.807, 2.05) is 13.0 Å². The summed E-state index contributed by atoms with van der Waals surface area (Å²) in [5.74, 6) is -1.45. The summed E-state index contributed by atoms with van der Waals surface area (Å²) in [4.78, 5) is 56.8. The molecule has 2 aromatic rings. The molecule has 1 aliphatic carbocycles. The van der Waals surface area contributed by atoms with E-state index in [4.69, 9.17) is 4.74 Å². The molecular formula is C28H35FN4O6S. The molecule has 40 heavy (non-hydrogen) atoms. The molecule has 2 aliphatic rings. The average molecular weight is 575 g/mol. The monoisotopic (exact) mass is 574 g/mol. The minimum absolute atomic E-state index is 0.0214. The molecule has 0 bridgehead atoms. The standard InChI is InChI=1S/C28H35FN4O6S/c1-16-22(40-15-31-16)17-5-6-18(21(11-17)39-10-9-34)13-30-24(36)20-12-19(35)14-33(20)25(37)23(27(2,3)4)32-26(38)28(29)7-8-28/h5-6,9,11,15,19-20,23,35H,7-8,10,12-14H2,1-4H3,(H,30,36)(H,32,38)/t19-,20+,23?/m1/s1. The molecule has 1 aromatic heterocycles. The number of benzene rings is 1. The lowest BCUT2D eigenvalue weighted by Gasteiger charge is -2.35. The summed E-state index contributed by atoms with van der Waals surface area (Å²) in [7, 11) is 0. The highest BCUT2D eigenvalue weighted by Gasteiger charge is 2.53. The summed E-state index contributed by atoms with van der Waals surface area (Å²) in [5, 5.41) is 15.7. The molecule has 2 heterocycles. The molecule has 2 fully saturated rings. The van der Waals surface area contributed by atoms with Gasteiger partial charge in [-0.2, -0.15) is 0 Å². The smallest absolute Gasteiger partial charge is 0.258 e. The number of β-amino-alcohol motifs (C(OH)–C–C–N with tert-alkyl or cyclic N) is 1. The predicted octanol–water partition coefficient (Wildman–Crippen LogP) is 2.31. The quantitative estimate of drug-likeness (QED) is 0.370. The Morgan fingerprint density at radius 1 is 1.32 bits per heavy atom. The first kappa shape index (κ1) is 29.6. The molecule has 0 radical (unpaired) electrons. The van der Waals surface area contributed by atoms with E-state index in [0.29, 0.717) is 17.6 Å². The molecular weight excluding hydrogens is 539 g/mol. The molecule has 3 atom stereocenters. The normalized spacial score (nSPS) is 20.5. The number of rotatable bonds is 10. The molecule has 1 saturated carbocycles. The van der Waals surface area contributed by atoms with Gasteiger partial charge in [-0.05, 0) is 36.8 Å². The Hall–Kier alpha value is -3.38. The van der Waals surface area contributed by atoms with Crippen molar-refractivity contribution in [2.75, 3.05) is 13.2 Å². The van der Waals surface area contributed by atoms with Crippen molar-refractivity contribution in [3.63, 3.8) is 0 Å². The lowest BCUT2D eigenvalue weighted by atomic mass is 9.85. The number of likely N-dealkylation sites (tertiary alicyclic amines) is 1. The van der Waals surface area contributed by atoms with Crippen LogP contribution in [0.4, 0.5) is 4.39 Å². The SMILES string of the molecule is Cc1ncsc1-c1ccc(CNC(=O)[C@@H]2C[C@@H](O)CN2C(=O)C(NC(=O)C2(F)CC2)C(C)(C)C)c(OCC=O)c1. The summed E-state index contributed by atoms with van der Waals surface area (Å²) in [5.41, 5.74) is 1.36. The highest BCUT2D eigenvalue weighted by molar-refractivity contribution is 7.13. The minimum Gasteiger partial charge on any atom is -0.486 e. The number of aromatic nitrogens is 1. The number of aldehydes is 1. The van der Waals surface area contributed by atoms with Crippen molar-refractivity contribution in [2.24, 2.45) is 5.41 Å². The number of amides is 3. The molecule has 1 unspecified atom stereocenters. The fourth-order valence-electron chi connectivity index (χ4n) is 4.70. The van der Waals surface area contributed by atoms with Gasteiger partial charge in [0.05, 0.1) is 22.2 Å². The fourth-order valence-corrected chi connectivity index (χ4v) is 5.50. The lowest BCUT2D eigenvalue weighted by Crippen LogP contribution is -2.59. The van der Waals surface area contributed by atoms with Gasteiger partial charge in [0.2, 0.25) is 11.8 Å². The Morgan fingerprint density at radius 2 is 2.05 bits per heavy atom. The number of hydrogen-bond donors (Lipinski definition) is 3. The van der Waals surface area contributed by atoms with Gasteiger partial charge in [-0.25, -0.2) is 9.37 Å². The van der Waals surface area contributed by atoms with Crippen LogP contribution in [0.2, 0.25) is 0 Å². The summed E-state index contributed by atoms with van der Waals surface area (Å²) in [6.07, 6.45) is -0.0515. The van der Waals surface area contributed by atoms with Gasteiger partial charge in [-0.1, -0.05) is 32.9 Å². The third kappa shape index (κ3) is 6.49. The highest BCUT2D eigenvalue weighted by atomic mass is 32.1. The zero-order valence-electron chi connectivity index (χ0n) is 23.0. The highest BCUT2D eigenvalue weighted by Crippen LogP contribution is 2.40. The van der Waals surface area contributed by atoms with Crippen molar-refractivity contribution in [1.29, 1.82) is 0 Å². The number of alkyl halides is 1. The van der Waals surface area contributed by atoms with Crippen molar-refractivity contribution in [2.45, 2.75) is 77.4 Å². The Labute approximate surface area is 236 Å². The molecule has 4 rings (SSSR count). The Bertz CT molecular complexity index is 1290. The van der Waals surface area contributed by atoms with E-state index in [-0.39, 0.29) is 39.0 Å². The van der Waals surface area contributed by atoms with E-state index in [9.17, 15) is 28.7 Å². The number of thiazole rings is 1. The minimum atomic E-state index is -1.96. The number of aryl methyl sites for hydroxylation is 1. The van der Waals surface area contributed by atoms with Crippen molar-refractivity contribution < 1.29 is 33.4 Å². The van der Waals surface area contributed by atoms with Gasteiger partial charge in [0, 0.05) is 25.1 Å². The number of carbonyl (C=O) groups excluding carboxylic acids is 4. The van der Waals surface area contributed by atoms with Gasteiger partial charge in [-0.15, -0.1) is 11.3 Å². The second-order valence-electron chi connectivity index (χ2n) is 11.4. The topological polar surface area (TPSA) is 138 Å². The van der Waals surface area contributed by atoms with Crippen molar-refractivity contribution in [3.8, 4) is 16.2 Å². The maximum Gasteiger partial charge on any atom is 0.258 e. The molecule has 3 N–H and O–H groups in total. The summed E-state index contributed by atoms with van der Waals surface area (Å²) < 4.78 is 20.0. The summed E-state index contributed by atoms with van der Waals surface area (Å²) >= 11 is 1.48. The number of carbonyl (C=O) groups is 4. The molecule has 1 aromatic carbocycles. The van der Waals surface area contributed by atoms with E-state index in [0.717, 1.165) is 16.1 Å². The first-order valence-corrected chi connectivity index (χ1v) is 14.1.